The normalized spacial score (nSPS) is 18.1. The molecule has 0 aliphatic carbocycles. The molecule has 1 aliphatic heterocycles. The fraction of sp³-hybridized carbons (Fsp3) is 0.312. The first-order chi connectivity index (χ1) is 11.1. The number of allylic oxidation sites excluding steroid dienone is 1. The number of methoxy groups -OCH3 is 2. The van der Waals surface area contributed by atoms with Crippen LogP contribution in [0.15, 0.2) is 41.3 Å². The van der Waals surface area contributed by atoms with E-state index in [1.807, 2.05) is 0 Å². The van der Waals surface area contributed by atoms with Gasteiger partial charge in [-0.05, 0) is 17.7 Å². The van der Waals surface area contributed by atoms with Gasteiger partial charge in [0.1, 0.15) is 17.2 Å². The SMILES string of the molecule is COC1=C(CCl)C(=C=O)N(Cc2ccc(OC)cc2)C(=O)C1Cl. The number of nitrogens with zero attached hydrogens (tertiary/aromatic N) is 1. The molecular formula is C16H15Cl2NO4. The third kappa shape index (κ3) is 3.37. The Morgan fingerprint density at radius 1 is 1.22 bits per heavy atom. The van der Waals surface area contributed by atoms with E-state index in [1.165, 1.54) is 12.0 Å². The van der Waals surface area contributed by atoms with Gasteiger partial charge in [-0.2, -0.15) is 0 Å². The van der Waals surface area contributed by atoms with E-state index in [0.717, 1.165) is 5.56 Å². The quantitative estimate of drug-likeness (QED) is 0.601. The molecule has 1 amide bonds. The molecule has 0 radical (unpaired) electrons. The van der Waals surface area contributed by atoms with Gasteiger partial charge in [0.05, 0.1) is 26.6 Å². The molecule has 0 fully saturated rings. The van der Waals surface area contributed by atoms with Crippen LogP contribution in [0.25, 0.3) is 0 Å². The number of ether oxygens (including phenoxy) is 2. The van der Waals surface area contributed by atoms with E-state index in [9.17, 15) is 9.59 Å². The molecular weight excluding hydrogens is 341 g/mol. The Bertz CT molecular complexity index is 678. The van der Waals surface area contributed by atoms with Gasteiger partial charge in [0.15, 0.2) is 11.3 Å². The minimum absolute atomic E-state index is 0.0106. The molecule has 0 saturated heterocycles. The van der Waals surface area contributed by atoms with Crippen molar-refractivity contribution >= 4 is 35.1 Å². The number of alkyl halides is 2. The Labute approximate surface area is 144 Å². The Morgan fingerprint density at radius 3 is 2.35 bits per heavy atom. The number of rotatable bonds is 5. The van der Waals surface area contributed by atoms with Crippen LogP contribution in [0.3, 0.4) is 0 Å². The van der Waals surface area contributed by atoms with Crippen molar-refractivity contribution < 1.29 is 19.1 Å². The minimum Gasteiger partial charge on any atom is -0.499 e. The van der Waals surface area contributed by atoms with Gasteiger partial charge in [-0.25, -0.2) is 4.79 Å². The summed E-state index contributed by atoms with van der Waals surface area (Å²) >= 11 is 12.0. The summed E-state index contributed by atoms with van der Waals surface area (Å²) in [5.41, 5.74) is 1.23. The Kier molecular flexibility index (Phi) is 5.72. The Morgan fingerprint density at radius 2 is 1.87 bits per heavy atom. The molecule has 23 heavy (non-hydrogen) atoms. The Balaban J connectivity index is 2.38. The van der Waals surface area contributed by atoms with Crippen LogP contribution >= 0.6 is 23.2 Å². The second-order valence-corrected chi connectivity index (χ2v) is 5.47. The maximum atomic E-state index is 12.5. The molecule has 1 heterocycles. The zero-order valence-electron chi connectivity index (χ0n) is 12.6. The lowest BCUT2D eigenvalue weighted by atomic mass is 10.0. The Hall–Kier alpha value is -1.94. The highest BCUT2D eigenvalue weighted by atomic mass is 35.5. The van der Waals surface area contributed by atoms with Crippen LogP contribution in [-0.2, 0) is 20.9 Å². The highest BCUT2D eigenvalue weighted by Crippen LogP contribution is 2.32. The predicted molar refractivity (Wildman–Crippen MR) is 87.1 cm³/mol. The largest absolute Gasteiger partial charge is 0.499 e. The fourth-order valence-corrected chi connectivity index (χ4v) is 2.93. The van der Waals surface area contributed by atoms with E-state index >= 15 is 0 Å². The number of amides is 1. The van der Waals surface area contributed by atoms with E-state index in [0.29, 0.717) is 11.3 Å². The summed E-state index contributed by atoms with van der Waals surface area (Å²) in [6.45, 7) is 0.175. The van der Waals surface area contributed by atoms with Gasteiger partial charge in [-0.3, -0.25) is 9.69 Å². The molecule has 0 saturated carbocycles. The number of carbonyl (C=O) groups is 1. The van der Waals surface area contributed by atoms with Crippen LogP contribution in [0.4, 0.5) is 0 Å². The van der Waals surface area contributed by atoms with Crippen LogP contribution in [0.1, 0.15) is 5.56 Å². The minimum atomic E-state index is -1.02. The van der Waals surface area contributed by atoms with Gasteiger partial charge in [0.2, 0.25) is 0 Å². The van der Waals surface area contributed by atoms with Crippen molar-refractivity contribution in [3.8, 4) is 5.75 Å². The number of hydrogen-bond donors (Lipinski definition) is 0. The molecule has 122 valence electrons. The summed E-state index contributed by atoms with van der Waals surface area (Å²) < 4.78 is 10.2. The van der Waals surface area contributed by atoms with Crippen molar-refractivity contribution in [3.05, 3.63) is 46.9 Å². The summed E-state index contributed by atoms with van der Waals surface area (Å²) in [5, 5.41) is -1.02. The van der Waals surface area contributed by atoms with Crippen LogP contribution in [-0.4, -0.2) is 42.2 Å². The molecule has 0 N–H and O–H groups in total. The van der Waals surface area contributed by atoms with Crippen molar-refractivity contribution in [2.75, 3.05) is 20.1 Å². The predicted octanol–water partition coefficient (Wildman–Crippen LogP) is 2.50. The summed E-state index contributed by atoms with van der Waals surface area (Å²) in [7, 11) is 2.95. The van der Waals surface area contributed by atoms with Gasteiger partial charge < -0.3 is 9.47 Å². The van der Waals surface area contributed by atoms with Crippen molar-refractivity contribution in [3.63, 3.8) is 0 Å². The van der Waals surface area contributed by atoms with Crippen LogP contribution in [0, 0.1) is 0 Å². The molecule has 5 nitrogen and oxygen atoms in total. The first kappa shape index (κ1) is 17.4. The molecule has 1 unspecified atom stereocenters. The number of carbonyl (C=O) groups excluding carboxylic acids is 2. The maximum Gasteiger partial charge on any atom is 0.253 e. The topological polar surface area (TPSA) is 55.8 Å². The molecule has 1 atom stereocenters. The second kappa shape index (κ2) is 7.55. The molecule has 1 aromatic carbocycles. The average Bonchev–Trinajstić information content (AvgIpc) is 2.59. The maximum absolute atomic E-state index is 12.5. The number of benzene rings is 1. The molecule has 0 spiro atoms. The zero-order valence-corrected chi connectivity index (χ0v) is 14.1. The second-order valence-electron chi connectivity index (χ2n) is 4.77. The highest BCUT2D eigenvalue weighted by Gasteiger charge is 2.38. The third-order valence-corrected chi connectivity index (χ3v) is 4.17. The monoisotopic (exact) mass is 355 g/mol. The fourth-order valence-electron chi connectivity index (χ4n) is 2.33. The lowest BCUT2D eigenvalue weighted by molar-refractivity contribution is -0.129. The van der Waals surface area contributed by atoms with Crippen molar-refractivity contribution in [1.82, 2.24) is 4.90 Å². The number of halogens is 2. The summed E-state index contributed by atoms with van der Waals surface area (Å²) in [6.07, 6.45) is 0. The lowest BCUT2D eigenvalue weighted by Gasteiger charge is -2.32. The first-order valence-electron chi connectivity index (χ1n) is 6.74. The van der Waals surface area contributed by atoms with Crippen molar-refractivity contribution in [2.45, 2.75) is 11.9 Å². The summed E-state index contributed by atoms with van der Waals surface area (Å²) in [4.78, 5) is 25.1. The molecule has 0 aromatic heterocycles. The van der Waals surface area contributed by atoms with E-state index in [1.54, 1.807) is 37.3 Å². The van der Waals surface area contributed by atoms with E-state index in [-0.39, 0.29) is 23.9 Å². The van der Waals surface area contributed by atoms with E-state index in [4.69, 9.17) is 32.7 Å². The van der Waals surface area contributed by atoms with Gasteiger partial charge >= 0.3 is 0 Å². The zero-order chi connectivity index (χ0) is 17.0. The average molecular weight is 356 g/mol. The first-order valence-corrected chi connectivity index (χ1v) is 7.71. The molecule has 1 aromatic rings. The lowest BCUT2D eigenvalue weighted by Crippen LogP contribution is -2.42. The van der Waals surface area contributed by atoms with Crippen molar-refractivity contribution in [1.29, 1.82) is 0 Å². The van der Waals surface area contributed by atoms with Crippen LogP contribution < -0.4 is 4.74 Å². The van der Waals surface area contributed by atoms with Gasteiger partial charge in [-0.1, -0.05) is 12.1 Å². The third-order valence-electron chi connectivity index (χ3n) is 3.52. The summed E-state index contributed by atoms with van der Waals surface area (Å²) in [5.74, 6) is 2.20. The molecule has 1 aliphatic rings. The van der Waals surface area contributed by atoms with Crippen LogP contribution in [0.5, 0.6) is 5.75 Å². The van der Waals surface area contributed by atoms with Gasteiger partial charge in [0.25, 0.3) is 5.91 Å². The van der Waals surface area contributed by atoms with Crippen LogP contribution in [0.2, 0.25) is 0 Å². The number of hydrogen-bond acceptors (Lipinski definition) is 4. The smallest absolute Gasteiger partial charge is 0.253 e. The standard InChI is InChI=1S/C16H15Cl2NO4/c1-22-11-5-3-10(4-6-11)8-19-13(9-20)12(7-17)15(23-2)14(18)16(19)21/h3-6,14H,7-8H2,1-2H3. The van der Waals surface area contributed by atoms with E-state index < -0.39 is 11.3 Å². The molecule has 0 bridgehead atoms. The summed E-state index contributed by atoms with van der Waals surface area (Å²) in [6, 6.07) is 7.14. The van der Waals surface area contributed by atoms with Gasteiger partial charge in [0, 0.05) is 5.57 Å². The molecule has 2 rings (SSSR count). The van der Waals surface area contributed by atoms with Crippen molar-refractivity contribution in [2.24, 2.45) is 0 Å². The highest BCUT2D eigenvalue weighted by molar-refractivity contribution is 6.33. The van der Waals surface area contributed by atoms with E-state index in [2.05, 4.69) is 0 Å². The van der Waals surface area contributed by atoms with Gasteiger partial charge in [-0.15, -0.1) is 23.2 Å². The molecule has 7 heteroatoms.